The van der Waals surface area contributed by atoms with Crippen molar-refractivity contribution in [3.8, 4) is 0 Å². The number of hydrogen-bond acceptors (Lipinski definition) is 3. The Morgan fingerprint density at radius 1 is 1.42 bits per heavy atom. The highest BCUT2D eigenvalue weighted by molar-refractivity contribution is 5.92. The van der Waals surface area contributed by atoms with Crippen molar-refractivity contribution in [2.45, 2.75) is 58.9 Å². The largest absolute Gasteiger partial charge is 0.364 e. The fourth-order valence-electron chi connectivity index (χ4n) is 2.90. The fourth-order valence-corrected chi connectivity index (χ4v) is 2.90. The summed E-state index contributed by atoms with van der Waals surface area (Å²) in [4.78, 5) is 11.9. The molecule has 0 bridgehead atoms. The summed E-state index contributed by atoms with van der Waals surface area (Å²) in [6.07, 6.45) is 7.17. The highest BCUT2D eigenvalue weighted by Gasteiger charge is 2.32. The maximum Gasteiger partial charge on any atom is 0.273 e. The van der Waals surface area contributed by atoms with Crippen molar-refractivity contribution in [3.05, 3.63) is 18.0 Å². The summed E-state index contributed by atoms with van der Waals surface area (Å²) in [6.45, 7) is 6.97. The van der Waals surface area contributed by atoms with Gasteiger partial charge in [-0.25, -0.2) is 0 Å². The van der Waals surface area contributed by atoms with Crippen molar-refractivity contribution in [2.24, 2.45) is 11.3 Å². The van der Waals surface area contributed by atoms with E-state index in [1.807, 2.05) is 0 Å². The van der Waals surface area contributed by atoms with Gasteiger partial charge in [0.05, 0.1) is 0 Å². The molecule has 2 rings (SSSR count). The molecule has 0 atom stereocenters. The fraction of sp³-hybridized carbons (Fsp3) is 0.733. The zero-order valence-electron chi connectivity index (χ0n) is 12.1. The molecule has 1 aromatic heterocycles. The Hall–Kier alpha value is -1.32. The first-order chi connectivity index (χ1) is 9.03. The number of carbonyl (C=O) groups is 1. The minimum atomic E-state index is -0.119. The lowest BCUT2D eigenvalue weighted by molar-refractivity contribution is 0.0884. The van der Waals surface area contributed by atoms with Crippen molar-refractivity contribution < 1.29 is 9.32 Å². The zero-order valence-corrected chi connectivity index (χ0v) is 12.1. The average Bonchev–Trinajstić information content (AvgIpc) is 2.93. The Labute approximate surface area is 114 Å². The molecular weight excluding hydrogens is 240 g/mol. The first-order valence-electron chi connectivity index (χ1n) is 7.24. The molecule has 1 amide bonds. The van der Waals surface area contributed by atoms with Gasteiger partial charge in [-0.1, -0.05) is 32.3 Å². The summed E-state index contributed by atoms with van der Waals surface area (Å²) in [5.74, 6) is 0.657. The zero-order chi connectivity index (χ0) is 13.9. The summed E-state index contributed by atoms with van der Waals surface area (Å²) >= 11 is 0. The van der Waals surface area contributed by atoms with Crippen LogP contribution >= 0.6 is 0 Å². The molecule has 0 saturated heterocycles. The van der Waals surface area contributed by atoms with Gasteiger partial charge in [0.25, 0.3) is 5.91 Å². The van der Waals surface area contributed by atoms with Crippen LogP contribution in [-0.4, -0.2) is 17.1 Å². The highest BCUT2D eigenvalue weighted by Crippen LogP contribution is 2.40. The van der Waals surface area contributed by atoms with E-state index in [2.05, 4.69) is 31.2 Å². The van der Waals surface area contributed by atoms with Crippen LogP contribution < -0.4 is 5.32 Å². The van der Waals surface area contributed by atoms with Crippen molar-refractivity contribution in [3.63, 3.8) is 0 Å². The van der Waals surface area contributed by atoms with E-state index in [0.717, 1.165) is 18.8 Å². The molecule has 1 aromatic rings. The van der Waals surface area contributed by atoms with Crippen LogP contribution in [0, 0.1) is 11.3 Å². The van der Waals surface area contributed by atoms with E-state index in [-0.39, 0.29) is 11.9 Å². The molecule has 0 spiro atoms. The smallest absolute Gasteiger partial charge is 0.273 e. The van der Waals surface area contributed by atoms with Crippen LogP contribution in [-0.2, 0) is 0 Å². The van der Waals surface area contributed by atoms with E-state index in [4.69, 9.17) is 4.52 Å². The van der Waals surface area contributed by atoms with Gasteiger partial charge in [0.15, 0.2) is 5.69 Å². The van der Waals surface area contributed by atoms with Crippen molar-refractivity contribution in [1.29, 1.82) is 0 Å². The van der Waals surface area contributed by atoms with Gasteiger partial charge < -0.3 is 9.84 Å². The quantitative estimate of drug-likeness (QED) is 0.906. The molecule has 1 aliphatic carbocycles. The monoisotopic (exact) mass is 264 g/mol. The standard InChI is InChI=1S/C15H24N2O2/c1-4-15(2,3)11-5-7-12(8-6-11)16-14(18)13-9-10-19-17-13/h9-12H,4-8H2,1-3H3,(H,16,18). The number of rotatable bonds is 4. The van der Waals surface area contributed by atoms with Crippen LogP contribution in [0.25, 0.3) is 0 Å². The van der Waals surface area contributed by atoms with E-state index in [1.165, 1.54) is 25.5 Å². The van der Waals surface area contributed by atoms with Gasteiger partial charge in [-0.3, -0.25) is 4.79 Å². The van der Waals surface area contributed by atoms with Crippen LogP contribution in [0.15, 0.2) is 16.9 Å². The van der Waals surface area contributed by atoms with E-state index in [0.29, 0.717) is 11.1 Å². The first-order valence-corrected chi connectivity index (χ1v) is 7.24. The summed E-state index contributed by atoms with van der Waals surface area (Å²) in [7, 11) is 0. The van der Waals surface area contributed by atoms with Crippen LogP contribution in [0.3, 0.4) is 0 Å². The lowest BCUT2D eigenvalue weighted by atomic mass is 9.69. The molecule has 4 nitrogen and oxygen atoms in total. The summed E-state index contributed by atoms with van der Waals surface area (Å²) in [5, 5.41) is 6.71. The minimum absolute atomic E-state index is 0.119. The van der Waals surface area contributed by atoms with Gasteiger partial charge in [0.1, 0.15) is 6.26 Å². The van der Waals surface area contributed by atoms with Gasteiger partial charge in [-0.2, -0.15) is 0 Å². The van der Waals surface area contributed by atoms with Gasteiger partial charge in [0, 0.05) is 12.1 Å². The third-order valence-corrected chi connectivity index (χ3v) is 4.75. The Balaban J connectivity index is 1.82. The first kappa shape index (κ1) is 14.1. The molecule has 1 aliphatic rings. The Bertz CT molecular complexity index is 404. The van der Waals surface area contributed by atoms with Crippen molar-refractivity contribution in [1.82, 2.24) is 10.5 Å². The Morgan fingerprint density at radius 3 is 2.63 bits per heavy atom. The number of carbonyl (C=O) groups excluding carboxylic acids is 1. The predicted octanol–water partition coefficient (Wildman–Crippen LogP) is 3.40. The second kappa shape index (κ2) is 5.76. The van der Waals surface area contributed by atoms with Gasteiger partial charge in [-0.15, -0.1) is 0 Å². The van der Waals surface area contributed by atoms with Crippen LogP contribution in [0.1, 0.15) is 63.4 Å². The molecule has 1 N–H and O–H groups in total. The molecule has 19 heavy (non-hydrogen) atoms. The number of nitrogens with one attached hydrogen (secondary N) is 1. The number of hydrogen-bond donors (Lipinski definition) is 1. The Kier molecular flexibility index (Phi) is 4.27. The van der Waals surface area contributed by atoms with Crippen LogP contribution in [0.4, 0.5) is 0 Å². The molecule has 0 unspecified atom stereocenters. The van der Waals surface area contributed by atoms with E-state index in [9.17, 15) is 4.79 Å². The third kappa shape index (κ3) is 3.37. The number of nitrogens with zero attached hydrogens (tertiary/aromatic N) is 1. The summed E-state index contributed by atoms with van der Waals surface area (Å²) < 4.78 is 4.69. The molecule has 1 heterocycles. The second-order valence-electron chi connectivity index (χ2n) is 6.25. The second-order valence-corrected chi connectivity index (χ2v) is 6.25. The highest BCUT2D eigenvalue weighted by atomic mass is 16.5. The normalized spacial score (nSPS) is 24.2. The van der Waals surface area contributed by atoms with Gasteiger partial charge in [0.2, 0.25) is 0 Å². The third-order valence-electron chi connectivity index (χ3n) is 4.75. The van der Waals surface area contributed by atoms with Crippen LogP contribution in [0.2, 0.25) is 0 Å². The predicted molar refractivity (Wildman–Crippen MR) is 73.8 cm³/mol. The minimum Gasteiger partial charge on any atom is -0.364 e. The lowest BCUT2D eigenvalue weighted by Crippen LogP contribution is -2.40. The summed E-state index contributed by atoms with van der Waals surface area (Å²) in [5.41, 5.74) is 0.789. The van der Waals surface area contributed by atoms with Crippen LogP contribution in [0.5, 0.6) is 0 Å². The summed E-state index contributed by atoms with van der Waals surface area (Å²) in [6, 6.07) is 1.88. The molecule has 0 aromatic carbocycles. The molecular formula is C15H24N2O2. The maximum absolute atomic E-state index is 11.9. The SMILES string of the molecule is CCC(C)(C)C1CCC(NC(=O)c2ccon2)CC1. The molecule has 0 aliphatic heterocycles. The molecule has 0 radical (unpaired) electrons. The van der Waals surface area contributed by atoms with Crippen molar-refractivity contribution in [2.75, 3.05) is 0 Å². The van der Waals surface area contributed by atoms with Gasteiger partial charge in [-0.05, 0) is 37.0 Å². The topological polar surface area (TPSA) is 55.1 Å². The Morgan fingerprint density at radius 2 is 2.11 bits per heavy atom. The number of amides is 1. The maximum atomic E-state index is 11.9. The van der Waals surface area contributed by atoms with E-state index < -0.39 is 0 Å². The molecule has 1 saturated carbocycles. The lowest BCUT2D eigenvalue weighted by Gasteiger charge is -2.39. The van der Waals surface area contributed by atoms with Gasteiger partial charge >= 0.3 is 0 Å². The average molecular weight is 264 g/mol. The molecule has 1 fully saturated rings. The van der Waals surface area contributed by atoms with Crippen molar-refractivity contribution >= 4 is 5.91 Å². The molecule has 106 valence electrons. The molecule has 4 heteroatoms. The number of aromatic nitrogens is 1. The van der Waals surface area contributed by atoms with E-state index >= 15 is 0 Å². The van der Waals surface area contributed by atoms with E-state index in [1.54, 1.807) is 6.07 Å².